The van der Waals surface area contributed by atoms with Gasteiger partial charge in [-0.15, -0.1) is 0 Å². The van der Waals surface area contributed by atoms with Crippen LogP contribution >= 0.6 is 0 Å². The van der Waals surface area contributed by atoms with Crippen molar-refractivity contribution in [3.05, 3.63) is 121 Å². The Morgan fingerprint density at radius 2 is 1.37 bits per heavy atom. The number of aromatic nitrogens is 3. The summed E-state index contributed by atoms with van der Waals surface area (Å²) in [7, 11) is 0. The molecule has 3 aromatic heterocycles. The SMILES string of the molecule is CC(C)(C)c1ccnc(-n2c3cc(O)ccc3c3c4c(ccc32)-n2c3ccccc3c3cccc(c32)-c2ccccc2-4)c1. The van der Waals surface area contributed by atoms with Crippen LogP contribution in [0.1, 0.15) is 26.3 Å². The number of aromatic hydroxyl groups is 1. The van der Waals surface area contributed by atoms with Gasteiger partial charge in [0.2, 0.25) is 0 Å². The molecule has 0 bridgehead atoms. The van der Waals surface area contributed by atoms with Crippen molar-refractivity contribution in [1.29, 1.82) is 0 Å². The van der Waals surface area contributed by atoms with E-state index in [4.69, 9.17) is 4.98 Å². The average molecular weight is 556 g/mol. The minimum absolute atomic E-state index is 0.0265. The lowest BCUT2D eigenvalue weighted by Gasteiger charge is -2.20. The number of para-hydroxylation sites is 2. The smallest absolute Gasteiger partial charge is 0.137 e. The van der Waals surface area contributed by atoms with Gasteiger partial charge in [0.1, 0.15) is 11.6 Å². The summed E-state index contributed by atoms with van der Waals surface area (Å²) in [6.07, 6.45) is 1.90. The van der Waals surface area contributed by atoms with Crippen LogP contribution in [0.15, 0.2) is 115 Å². The number of fused-ring (bicyclic) bond motifs is 12. The molecular weight excluding hydrogens is 526 g/mol. The van der Waals surface area contributed by atoms with Crippen LogP contribution in [-0.4, -0.2) is 19.2 Å². The van der Waals surface area contributed by atoms with Crippen molar-refractivity contribution < 1.29 is 5.11 Å². The molecule has 0 amide bonds. The van der Waals surface area contributed by atoms with Gasteiger partial charge >= 0.3 is 0 Å². The number of rotatable bonds is 1. The van der Waals surface area contributed by atoms with E-state index in [0.29, 0.717) is 0 Å². The van der Waals surface area contributed by atoms with Gasteiger partial charge in [-0.2, -0.15) is 0 Å². The third-order valence-corrected chi connectivity index (χ3v) is 9.16. The molecule has 0 radical (unpaired) electrons. The maximum Gasteiger partial charge on any atom is 0.137 e. The van der Waals surface area contributed by atoms with Gasteiger partial charge in [-0.3, -0.25) is 4.57 Å². The molecule has 0 atom stereocenters. The molecule has 8 aromatic rings. The highest BCUT2D eigenvalue weighted by Gasteiger charge is 2.28. The van der Waals surface area contributed by atoms with Gasteiger partial charge in [-0.25, -0.2) is 4.98 Å². The fourth-order valence-corrected chi connectivity index (χ4v) is 7.22. The predicted molar refractivity (Wildman–Crippen MR) is 178 cm³/mol. The van der Waals surface area contributed by atoms with Crippen molar-refractivity contribution in [2.24, 2.45) is 0 Å². The van der Waals surface area contributed by atoms with Gasteiger partial charge in [0.15, 0.2) is 0 Å². The number of benzene rings is 5. The highest BCUT2D eigenvalue weighted by molar-refractivity contribution is 6.22. The Hall–Kier alpha value is -5.35. The Kier molecular flexibility index (Phi) is 4.72. The summed E-state index contributed by atoms with van der Waals surface area (Å²) in [4.78, 5) is 4.87. The van der Waals surface area contributed by atoms with Crippen LogP contribution in [0.4, 0.5) is 0 Å². The fourth-order valence-electron chi connectivity index (χ4n) is 7.22. The van der Waals surface area contributed by atoms with Crippen LogP contribution in [0.3, 0.4) is 0 Å². The molecular formula is C39H29N3O. The standard InChI is InChI=1S/C39H29N3O/c1-39(2,3)23-19-20-40-35(21-23)41-32-17-18-33-36(37(32)30-16-15-24(43)22-34(30)41)27-11-5-4-9-25(27)28-12-8-13-29-26-10-6-7-14-31(26)42(33)38(28)29/h4-22,43H,1-3H3. The molecule has 1 aliphatic rings. The topological polar surface area (TPSA) is 43.0 Å². The molecule has 4 heteroatoms. The lowest BCUT2D eigenvalue weighted by Crippen LogP contribution is -2.12. The van der Waals surface area contributed by atoms with Gasteiger partial charge in [-0.1, -0.05) is 81.4 Å². The van der Waals surface area contributed by atoms with Crippen molar-refractivity contribution in [3.63, 3.8) is 0 Å². The number of nitrogens with zero attached hydrogens (tertiary/aromatic N) is 3. The summed E-state index contributed by atoms with van der Waals surface area (Å²) in [5.74, 6) is 1.08. The van der Waals surface area contributed by atoms with E-state index in [1.54, 1.807) is 6.07 Å². The van der Waals surface area contributed by atoms with Crippen molar-refractivity contribution in [3.8, 4) is 39.5 Å². The van der Waals surface area contributed by atoms with Crippen molar-refractivity contribution in [2.45, 2.75) is 26.2 Å². The molecule has 43 heavy (non-hydrogen) atoms. The van der Waals surface area contributed by atoms with Crippen LogP contribution in [0.2, 0.25) is 0 Å². The summed E-state index contributed by atoms with van der Waals surface area (Å²) < 4.78 is 4.67. The summed E-state index contributed by atoms with van der Waals surface area (Å²) >= 11 is 0. The molecule has 4 nitrogen and oxygen atoms in total. The molecule has 0 unspecified atom stereocenters. The number of phenolic OH excluding ortho intramolecular Hbond substituents is 1. The Morgan fingerprint density at radius 1 is 0.605 bits per heavy atom. The fraction of sp³-hybridized carbons (Fsp3) is 0.103. The minimum atomic E-state index is -0.0265. The first kappa shape index (κ1) is 24.3. The van der Waals surface area contributed by atoms with Crippen LogP contribution in [0.5, 0.6) is 5.75 Å². The molecule has 5 aromatic carbocycles. The number of pyridine rings is 1. The van der Waals surface area contributed by atoms with Crippen LogP contribution in [0, 0.1) is 0 Å². The summed E-state index contributed by atoms with van der Waals surface area (Å²) in [5.41, 5.74) is 11.6. The predicted octanol–water partition coefficient (Wildman–Crippen LogP) is 9.93. The second-order valence-corrected chi connectivity index (χ2v) is 12.6. The maximum atomic E-state index is 10.7. The van der Waals surface area contributed by atoms with E-state index >= 15 is 0 Å². The lowest BCUT2D eigenvalue weighted by atomic mass is 9.88. The molecule has 0 saturated heterocycles. The second-order valence-electron chi connectivity index (χ2n) is 12.6. The molecule has 0 saturated carbocycles. The molecule has 9 rings (SSSR count). The Balaban J connectivity index is 1.51. The number of phenols is 1. The normalized spacial score (nSPS) is 12.6. The number of hydrogen-bond donors (Lipinski definition) is 1. The quantitative estimate of drug-likeness (QED) is 0.219. The summed E-state index contributed by atoms with van der Waals surface area (Å²) in [5, 5.41) is 15.5. The maximum absolute atomic E-state index is 10.7. The molecule has 0 spiro atoms. The van der Waals surface area contributed by atoms with Crippen molar-refractivity contribution in [1.82, 2.24) is 14.1 Å². The van der Waals surface area contributed by atoms with Crippen molar-refractivity contribution in [2.75, 3.05) is 0 Å². The van der Waals surface area contributed by atoms with Crippen LogP contribution in [0.25, 0.3) is 77.4 Å². The average Bonchev–Trinajstić information content (AvgIpc) is 3.48. The monoisotopic (exact) mass is 555 g/mol. The first-order chi connectivity index (χ1) is 20.9. The Morgan fingerprint density at radius 3 is 2.23 bits per heavy atom. The largest absolute Gasteiger partial charge is 0.508 e. The molecule has 206 valence electrons. The highest BCUT2D eigenvalue weighted by Crippen LogP contribution is 2.50. The highest BCUT2D eigenvalue weighted by atomic mass is 16.3. The van der Waals surface area contributed by atoms with Gasteiger partial charge < -0.3 is 9.67 Å². The van der Waals surface area contributed by atoms with E-state index in [1.807, 2.05) is 12.3 Å². The zero-order chi connectivity index (χ0) is 29.0. The van der Waals surface area contributed by atoms with Crippen LogP contribution in [-0.2, 0) is 5.41 Å². The second kappa shape index (κ2) is 8.36. The Labute approximate surface area is 249 Å². The Bertz CT molecular complexity index is 2450. The van der Waals surface area contributed by atoms with E-state index in [-0.39, 0.29) is 11.2 Å². The van der Waals surface area contributed by atoms with Crippen LogP contribution < -0.4 is 0 Å². The molecule has 1 N–H and O–H groups in total. The van der Waals surface area contributed by atoms with E-state index in [2.05, 4.69) is 127 Å². The summed E-state index contributed by atoms with van der Waals surface area (Å²) in [6, 6.07) is 38.7. The molecule has 0 fully saturated rings. The van der Waals surface area contributed by atoms with Crippen molar-refractivity contribution >= 4 is 43.6 Å². The van der Waals surface area contributed by atoms with E-state index in [9.17, 15) is 5.11 Å². The van der Waals surface area contributed by atoms with E-state index in [1.165, 1.54) is 49.6 Å². The zero-order valence-electron chi connectivity index (χ0n) is 24.3. The van der Waals surface area contributed by atoms with Gasteiger partial charge in [0, 0.05) is 44.9 Å². The molecule has 0 aliphatic carbocycles. The van der Waals surface area contributed by atoms with Gasteiger partial charge in [0.25, 0.3) is 0 Å². The van der Waals surface area contributed by atoms with E-state index < -0.39 is 0 Å². The molecule has 1 aliphatic heterocycles. The minimum Gasteiger partial charge on any atom is -0.508 e. The van der Waals surface area contributed by atoms with Gasteiger partial charge in [-0.05, 0) is 64.6 Å². The van der Waals surface area contributed by atoms with E-state index in [0.717, 1.165) is 33.3 Å². The number of hydrogen-bond acceptors (Lipinski definition) is 2. The third kappa shape index (κ3) is 3.23. The third-order valence-electron chi connectivity index (χ3n) is 9.16. The van der Waals surface area contributed by atoms with Gasteiger partial charge in [0.05, 0.1) is 27.8 Å². The molecule has 4 heterocycles. The first-order valence-corrected chi connectivity index (χ1v) is 14.8. The zero-order valence-corrected chi connectivity index (χ0v) is 24.3. The first-order valence-electron chi connectivity index (χ1n) is 14.8. The lowest BCUT2D eigenvalue weighted by molar-refractivity contribution is 0.476. The summed E-state index contributed by atoms with van der Waals surface area (Å²) in [6.45, 7) is 6.67.